The van der Waals surface area contributed by atoms with Crippen LogP contribution in [-0.4, -0.2) is 30.6 Å². The van der Waals surface area contributed by atoms with E-state index in [1.54, 1.807) is 54.6 Å². The predicted molar refractivity (Wildman–Crippen MR) is 121 cm³/mol. The molecular weight excluding hydrogens is 418 g/mol. The Bertz CT molecular complexity index is 1070. The Balaban J connectivity index is 1.66. The number of hydrogen-bond acceptors (Lipinski definition) is 6. The number of ether oxygens (including phenoxy) is 2. The summed E-state index contributed by atoms with van der Waals surface area (Å²) in [4.78, 5) is 24.6. The first-order valence-electron chi connectivity index (χ1n) is 9.38. The van der Waals surface area contributed by atoms with Gasteiger partial charge in [0.1, 0.15) is 11.5 Å². The molecule has 3 N–H and O–H groups in total. The van der Waals surface area contributed by atoms with E-state index in [1.165, 1.54) is 13.4 Å². The first-order valence-corrected chi connectivity index (χ1v) is 9.79. The second kappa shape index (κ2) is 10.3. The molecule has 1 heterocycles. The predicted octanol–water partition coefficient (Wildman–Crippen LogP) is 4.07. The van der Waals surface area contributed by atoms with Crippen LogP contribution in [-0.2, 0) is 0 Å². The van der Waals surface area contributed by atoms with Crippen LogP contribution in [0.15, 0.2) is 65.3 Å². The lowest BCUT2D eigenvalue weighted by Gasteiger charge is -2.14. The maximum atomic E-state index is 12.4. The van der Waals surface area contributed by atoms with Crippen LogP contribution >= 0.6 is 12.2 Å². The van der Waals surface area contributed by atoms with Crippen molar-refractivity contribution in [3.05, 3.63) is 72.2 Å². The Morgan fingerprint density at radius 1 is 1.03 bits per heavy atom. The van der Waals surface area contributed by atoms with Gasteiger partial charge in [-0.25, -0.2) is 0 Å². The number of carbonyl (C=O) groups excluding carboxylic acids is 2. The van der Waals surface area contributed by atoms with Gasteiger partial charge in [0.15, 0.2) is 10.9 Å². The normalized spacial score (nSPS) is 10.1. The molecule has 9 heteroatoms. The Hall–Kier alpha value is -3.85. The summed E-state index contributed by atoms with van der Waals surface area (Å²) < 4.78 is 15.8. The van der Waals surface area contributed by atoms with Gasteiger partial charge in [0, 0.05) is 11.3 Å². The molecule has 2 amide bonds. The Morgan fingerprint density at radius 2 is 1.81 bits per heavy atom. The van der Waals surface area contributed by atoms with Crippen molar-refractivity contribution in [2.45, 2.75) is 6.92 Å². The smallest absolute Gasteiger partial charge is 0.291 e. The van der Waals surface area contributed by atoms with E-state index in [4.69, 9.17) is 26.1 Å². The highest BCUT2D eigenvalue weighted by Crippen LogP contribution is 2.28. The summed E-state index contributed by atoms with van der Waals surface area (Å²) in [7, 11) is 1.50. The number of rotatable bonds is 7. The number of nitrogens with one attached hydrogen (secondary N) is 3. The molecule has 0 spiro atoms. The third kappa shape index (κ3) is 5.83. The average molecular weight is 439 g/mol. The van der Waals surface area contributed by atoms with Crippen molar-refractivity contribution in [1.29, 1.82) is 0 Å². The van der Waals surface area contributed by atoms with Crippen molar-refractivity contribution in [3.63, 3.8) is 0 Å². The van der Waals surface area contributed by atoms with Crippen LogP contribution in [0.4, 0.5) is 11.4 Å². The molecule has 3 aromatic rings. The minimum absolute atomic E-state index is 0.0756. The quantitative estimate of drug-likeness (QED) is 0.477. The summed E-state index contributed by atoms with van der Waals surface area (Å²) in [5, 5.41) is 8.33. The van der Waals surface area contributed by atoms with Gasteiger partial charge in [0.2, 0.25) is 0 Å². The highest BCUT2D eigenvalue weighted by atomic mass is 32.1. The van der Waals surface area contributed by atoms with Crippen LogP contribution in [0.5, 0.6) is 11.5 Å². The topological polar surface area (TPSA) is 102 Å². The summed E-state index contributed by atoms with van der Waals surface area (Å²) in [5.74, 6) is 0.573. The molecule has 2 aromatic carbocycles. The number of carbonyl (C=O) groups is 2. The van der Waals surface area contributed by atoms with Gasteiger partial charge in [0.05, 0.1) is 25.7 Å². The van der Waals surface area contributed by atoms with E-state index in [0.29, 0.717) is 35.0 Å². The number of benzene rings is 2. The van der Waals surface area contributed by atoms with Gasteiger partial charge < -0.3 is 24.5 Å². The van der Waals surface area contributed by atoms with Crippen molar-refractivity contribution in [2.75, 3.05) is 24.4 Å². The largest absolute Gasteiger partial charge is 0.495 e. The van der Waals surface area contributed by atoms with Crippen molar-refractivity contribution in [1.82, 2.24) is 5.32 Å². The van der Waals surface area contributed by atoms with E-state index in [-0.39, 0.29) is 16.8 Å². The molecule has 1 aromatic heterocycles. The Labute approximate surface area is 184 Å². The summed E-state index contributed by atoms with van der Waals surface area (Å²) in [6.07, 6.45) is 1.42. The van der Waals surface area contributed by atoms with Gasteiger partial charge in [0.25, 0.3) is 11.8 Å². The molecule has 31 heavy (non-hydrogen) atoms. The molecule has 0 aliphatic carbocycles. The number of thiocarbonyl (C=S) groups is 1. The van der Waals surface area contributed by atoms with E-state index in [1.807, 2.05) is 6.92 Å². The zero-order valence-corrected chi connectivity index (χ0v) is 17.7. The molecule has 0 aliphatic heterocycles. The second-order valence-corrected chi connectivity index (χ2v) is 6.62. The Kier molecular flexibility index (Phi) is 7.23. The maximum absolute atomic E-state index is 12.4. The van der Waals surface area contributed by atoms with Gasteiger partial charge in [-0.05, 0) is 73.7 Å². The fraction of sp³-hybridized carbons (Fsp3) is 0.136. The van der Waals surface area contributed by atoms with Gasteiger partial charge >= 0.3 is 0 Å². The van der Waals surface area contributed by atoms with E-state index in [2.05, 4.69) is 16.0 Å². The van der Waals surface area contributed by atoms with Crippen LogP contribution in [0.2, 0.25) is 0 Å². The highest BCUT2D eigenvalue weighted by Gasteiger charge is 2.13. The molecule has 0 aliphatic rings. The van der Waals surface area contributed by atoms with E-state index >= 15 is 0 Å². The molecule has 0 saturated carbocycles. The number of amides is 2. The fourth-order valence-electron chi connectivity index (χ4n) is 2.68. The third-order valence-electron chi connectivity index (χ3n) is 4.11. The van der Waals surface area contributed by atoms with Crippen LogP contribution in [0.1, 0.15) is 27.8 Å². The average Bonchev–Trinajstić information content (AvgIpc) is 3.30. The molecule has 0 atom stereocenters. The standard InChI is InChI=1S/C22H21N3O5S/c1-3-29-16-9-6-14(7-10-16)20(26)25-22(31)24-17-13-15(8-11-18(17)28-2)23-21(27)19-5-4-12-30-19/h4-13H,3H2,1-2H3,(H,23,27)(H2,24,25,26,31). The van der Waals surface area contributed by atoms with Crippen molar-refractivity contribution in [3.8, 4) is 11.5 Å². The van der Waals surface area contributed by atoms with Crippen LogP contribution < -0.4 is 25.4 Å². The lowest BCUT2D eigenvalue weighted by molar-refractivity contribution is 0.0975. The lowest BCUT2D eigenvalue weighted by Crippen LogP contribution is -2.34. The number of hydrogen-bond donors (Lipinski definition) is 3. The summed E-state index contributed by atoms with van der Waals surface area (Å²) >= 11 is 5.26. The van der Waals surface area contributed by atoms with Crippen LogP contribution in [0.25, 0.3) is 0 Å². The zero-order chi connectivity index (χ0) is 22.2. The third-order valence-corrected chi connectivity index (χ3v) is 4.31. The van der Waals surface area contributed by atoms with Crippen LogP contribution in [0, 0.1) is 0 Å². The fourth-order valence-corrected chi connectivity index (χ4v) is 2.88. The molecule has 0 bridgehead atoms. The number of anilines is 2. The first-order chi connectivity index (χ1) is 15.0. The van der Waals surface area contributed by atoms with Gasteiger partial charge in [-0.15, -0.1) is 0 Å². The number of methoxy groups -OCH3 is 1. The second-order valence-electron chi connectivity index (χ2n) is 6.21. The molecular formula is C22H21N3O5S. The molecule has 0 unspecified atom stereocenters. The highest BCUT2D eigenvalue weighted by molar-refractivity contribution is 7.80. The van der Waals surface area contributed by atoms with Gasteiger partial charge in [-0.3, -0.25) is 14.9 Å². The minimum atomic E-state index is -0.396. The molecule has 160 valence electrons. The van der Waals surface area contributed by atoms with Gasteiger partial charge in [-0.2, -0.15) is 0 Å². The first kappa shape index (κ1) is 21.8. The summed E-state index contributed by atoms with van der Waals surface area (Å²) in [6, 6.07) is 14.9. The SMILES string of the molecule is CCOc1ccc(C(=O)NC(=S)Nc2cc(NC(=O)c3ccco3)ccc2OC)cc1. The van der Waals surface area contributed by atoms with E-state index < -0.39 is 5.91 Å². The van der Waals surface area contributed by atoms with Crippen molar-refractivity contribution < 1.29 is 23.5 Å². The van der Waals surface area contributed by atoms with Crippen LogP contribution in [0.3, 0.4) is 0 Å². The number of furan rings is 1. The molecule has 0 saturated heterocycles. The zero-order valence-electron chi connectivity index (χ0n) is 16.9. The molecule has 8 nitrogen and oxygen atoms in total. The molecule has 0 radical (unpaired) electrons. The summed E-state index contributed by atoms with van der Waals surface area (Å²) in [6.45, 7) is 2.43. The Morgan fingerprint density at radius 3 is 2.45 bits per heavy atom. The summed E-state index contributed by atoms with van der Waals surface area (Å²) in [5.41, 5.74) is 1.39. The maximum Gasteiger partial charge on any atom is 0.291 e. The van der Waals surface area contributed by atoms with Gasteiger partial charge in [-0.1, -0.05) is 0 Å². The molecule has 0 fully saturated rings. The van der Waals surface area contributed by atoms with Crippen molar-refractivity contribution in [2.24, 2.45) is 0 Å². The monoisotopic (exact) mass is 439 g/mol. The minimum Gasteiger partial charge on any atom is -0.495 e. The molecule has 3 rings (SSSR count). The van der Waals surface area contributed by atoms with E-state index in [0.717, 1.165) is 0 Å². The lowest BCUT2D eigenvalue weighted by atomic mass is 10.2. The van der Waals surface area contributed by atoms with Crippen molar-refractivity contribution >= 4 is 40.5 Å². The van der Waals surface area contributed by atoms with E-state index in [9.17, 15) is 9.59 Å².